The zero-order valence-electron chi connectivity index (χ0n) is 13.1. The predicted molar refractivity (Wildman–Crippen MR) is 84.0 cm³/mol. The molecule has 0 atom stereocenters. The largest absolute Gasteiger partial charge is 0.382 e. The summed E-state index contributed by atoms with van der Waals surface area (Å²) in [5.41, 5.74) is 5.47. The van der Waals surface area contributed by atoms with E-state index in [1.54, 1.807) is 0 Å². The van der Waals surface area contributed by atoms with E-state index < -0.39 is 0 Å². The third kappa shape index (κ3) is 3.50. The monoisotopic (exact) mass is 260 g/mol. The van der Waals surface area contributed by atoms with Crippen molar-refractivity contribution < 1.29 is 0 Å². The lowest BCUT2D eigenvalue weighted by Gasteiger charge is -2.35. The Morgan fingerprint density at radius 2 is 1.58 bits per heavy atom. The zero-order chi connectivity index (χ0) is 14.0. The fourth-order valence-corrected chi connectivity index (χ4v) is 3.17. The van der Waals surface area contributed by atoms with Gasteiger partial charge in [0.1, 0.15) is 0 Å². The zero-order valence-corrected chi connectivity index (χ0v) is 13.1. The molecule has 0 saturated carbocycles. The minimum absolute atomic E-state index is 0.634. The van der Waals surface area contributed by atoms with Crippen LogP contribution in [0.1, 0.15) is 43.4 Å². The number of rotatable bonds is 3. The lowest BCUT2D eigenvalue weighted by atomic mass is 10.00. The maximum Gasteiger partial charge on any atom is 0.0401 e. The number of aryl methyl sites for hydroxylation is 3. The van der Waals surface area contributed by atoms with Gasteiger partial charge < -0.3 is 10.2 Å². The Morgan fingerprint density at radius 1 is 1.05 bits per heavy atom. The lowest BCUT2D eigenvalue weighted by molar-refractivity contribution is 0.177. The van der Waals surface area contributed by atoms with Crippen molar-refractivity contribution in [3.63, 3.8) is 0 Å². The quantitative estimate of drug-likeness (QED) is 0.887. The van der Waals surface area contributed by atoms with Gasteiger partial charge in [-0.3, -0.25) is 0 Å². The van der Waals surface area contributed by atoms with Gasteiger partial charge in [-0.05, 0) is 58.6 Å². The number of hydrogen-bond acceptors (Lipinski definition) is 2. The van der Waals surface area contributed by atoms with Gasteiger partial charge in [-0.2, -0.15) is 0 Å². The highest BCUT2D eigenvalue weighted by Gasteiger charge is 2.21. The molecular formula is C17H28N2. The molecule has 0 bridgehead atoms. The van der Waals surface area contributed by atoms with E-state index in [1.807, 2.05) is 0 Å². The second kappa shape index (κ2) is 5.96. The first-order valence-corrected chi connectivity index (χ1v) is 7.56. The maximum absolute atomic E-state index is 3.78. The highest BCUT2D eigenvalue weighted by atomic mass is 15.2. The summed E-state index contributed by atoms with van der Waals surface area (Å²) in [7, 11) is 0. The molecule has 2 rings (SSSR count). The Kier molecular flexibility index (Phi) is 4.51. The molecule has 1 aromatic rings. The second-order valence-corrected chi connectivity index (χ2v) is 6.32. The van der Waals surface area contributed by atoms with Gasteiger partial charge in [-0.25, -0.2) is 0 Å². The molecule has 0 radical (unpaired) electrons. The Hall–Kier alpha value is -1.02. The van der Waals surface area contributed by atoms with Crippen LogP contribution in [0, 0.1) is 20.8 Å². The topological polar surface area (TPSA) is 15.3 Å². The molecule has 106 valence electrons. The standard InChI is InChI=1S/C17H28N2/c1-12(2)19-8-6-16(7-9-19)18-17-14(4)10-13(3)11-15(17)5/h10-12,16,18H,6-9H2,1-5H3. The van der Waals surface area contributed by atoms with Crippen molar-refractivity contribution in [2.24, 2.45) is 0 Å². The Labute approximate surface area is 118 Å². The maximum atomic E-state index is 3.78. The number of hydrogen-bond donors (Lipinski definition) is 1. The van der Waals surface area contributed by atoms with Crippen molar-refractivity contribution in [3.05, 3.63) is 28.8 Å². The molecule has 0 amide bonds. The average Bonchev–Trinajstić information content (AvgIpc) is 2.34. The molecule has 1 heterocycles. The highest BCUT2D eigenvalue weighted by molar-refractivity contribution is 5.58. The van der Waals surface area contributed by atoms with Gasteiger partial charge in [0, 0.05) is 30.9 Å². The van der Waals surface area contributed by atoms with Crippen LogP contribution in [0.2, 0.25) is 0 Å². The van der Waals surface area contributed by atoms with E-state index in [1.165, 1.54) is 48.3 Å². The molecule has 0 aromatic heterocycles. The summed E-state index contributed by atoms with van der Waals surface area (Å²) in [5, 5.41) is 3.78. The van der Waals surface area contributed by atoms with Gasteiger partial charge in [0.2, 0.25) is 0 Å². The average molecular weight is 260 g/mol. The van der Waals surface area contributed by atoms with Gasteiger partial charge in [-0.15, -0.1) is 0 Å². The van der Waals surface area contributed by atoms with Crippen LogP contribution in [0.5, 0.6) is 0 Å². The Balaban J connectivity index is 2.00. The summed E-state index contributed by atoms with van der Waals surface area (Å²) in [5.74, 6) is 0. The van der Waals surface area contributed by atoms with Gasteiger partial charge in [-0.1, -0.05) is 17.7 Å². The fourth-order valence-electron chi connectivity index (χ4n) is 3.17. The second-order valence-electron chi connectivity index (χ2n) is 6.32. The van der Waals surface area contributed by atoms with E-state index in [2.05, 4.69) is 57.0 Å². The smallest absolute Gasteiger partial charge is 0.0401 e. The molecule has 1 aliphatic rings. The molecule has 0 unspecified atom stereocenters. The molecule has 2 heteroatoms. The van der Waals surface area contributed by atoms with E-state index in [0.717, 1.165) is 0 Å². The summed E-state index contributed by atoms with van der Waals surface area (Å²) in [6.45, 7) is 13.6. The summed E-state index contributed by atoms with van der Waals surface area (Å²) in [6.07, 6.45) is 2.51. The van der Waals surface area contributed by atoms with Crippen molar-refractivity contribution in [1.29, 1.82) is 0 Å². The first-order valence-electron chi connectivity index (χ1n) is 7.56. The Morgan fingerprint density at radius 3 is 2.05 bits per heavy atom. The van der Waals surface area contributed by atoms with Gasteiger partial charge in [0.25, 0.3) is 0 Å². The van der Waals surface area contributed by atoms with Crippen molar-refractivity contribution in [3.8, 4) is 0 Å². The van der Waals surface area contributed by atoms with Crippen molar-refractivity contribution >= 4 is 5.69 Å². The third-order valence-electron chi connectivity index (χ3n) is 4.29. The van der Waals surface area contributed by atoms with Crippen LogP contribution in [0.25, 0.3) is 0 Å². The molecule has 0 aliphatic carbocycles. The van der Waals surface area contributed by atoms with Crippen LogP contribution < -0.4 is 5.32 Å². The molecule has 1 aromatic carbocycles. The molecule has 1 N–H and O–H groups in total. The summed E-state index contributed by atoms with van der Waals surface area (Å²) < 4.78 is 0. The molecule has 1 aliphatic heterocycles. The van der Waals surface area contributed by atoms with Crippen molar-refractivity contribution in [1.82, 2.24) is 4.90 Å². The minimum atomic E-state index is 0.634. The van der Waals surface area contributed by atoms with E-state index in [9.17, 15) is 0 Å². The number of nitrogens with zero attached hydrogens (tertiary/aromatic N) is 1. The van der Waals surface area contributed by atoms with E-state index in [4.69, 9.17) is 0 Å². The van der Waals surface area contributed by atoms with Crippen LogP contribution in [0.3, 0.4) is 0 Å². The first-order chi connectivity index (χ1) is 8.97. The molecule has 0 spiro atoms. The normalized spacial score (nSPS) is 18.0. The van der Waals surface area contributed by atoms with E-state index >= 15 is 0 Å². The number of piperidine rings is 1. The van der Waals surface area contributed by atoms with Crippen LogP contribution in [-0.2, 0) is 0 Å². The fraction of sp³-hybridized carbons (Fsp3) is 0.647. The molecule has 2 nitrogen and oxygen atoms in total. The molecule has 1 fully saturated rings. The van der Waals surface area contributed by atoms with Crippen LogP contribution in [0.4, 0.5) is 5.69 Å². The lowest BCUT2D eigenvalue weighted by Crippen LogP contribution is -2.42. The predicted octanol–water partition coefficient (Wildman–Crippen LogP) is 3.90. The minimum Gasteiger partial charge on any atom is -0.382 e. The SMILES string of the molecule is Cc1cc(C)c(NC2CCN(C(C)C)CC2)c(C)c1. The van der Waals surface area contributed by atoms with Crippen LogP contribution in [0.15, 0.2) is 12.1 Å². The highest BCUT2D eigenvalue weighted by Crippen LogP contribution is 2.25. The Bertz CT molecular complexity index is 406. The number of anilines is 1. The number of benzene rings is 1. The molecule has 19 heavy (non-hydrogen) atoms. The van der Waals surface area contributed by atoms with Crippen LogP contribution in [-0.4, -0.2) is 30.1 Å². The third-order valence-corrected chi connectivity index (χ3v) is 4.29. The van der Waals surface area contributed by atoms with Crippen molar-refractivity contribution in [2.45, 2.75) is 59.5 Å². The van der Waals surface area contributed by atoms with Gasteiger partial charge >= 0.3 is 0 Å². The van der Waals surface area contributed by atoms with Crippen LogP contribution >= 0.6 is 0 Å². The van der Waals surface area contributed by atoms with E-state index in [0.29, 0.717) is 12.1 Å². The van der Waals surface area contributed by atoms with E-state index in [-0.39, 0.29) is 0 Å². The first kappa shape index (κ1) is 14.4. The van der Waals surface area contributed by atoms with Gasteiger partial charge in [0.05, 0.1) is 0 Å². The summed E-state index contributed by atoms with van der Waals surface area (Å²) in [6, 6.07) is 5.87. The molecule has 1 saturated heterocycles. The number of nitrogens with one attached hydrogen (secondary N) is 1. The summed E-state index contributed by atoms with van der Waals surface area (Å²) >= 11 is 0. The van der Waals surface area contributed by atoms with Gasteiger partial charge in [0.15, 0.2) is 0 Å². The molecular weight excluding hydrogens is 232 g/mol. The summed E-state index contributed by atoms with van der Waals surface area (Å²) in [4.78, 5) is 2.58. The number of likely N-dealkylation sites (tertiary alicyclic amines) is 1. The van der Waals surface area contributed by atoms with Crippen molar-refractivity contribution in [2.75, 3.05) is 18.4 Å².